The van der Waals surface area contributed by atoms with E-state index in [9.17, 15) is 26.7 Å². The average Bonchev–Trinajstić information content (AvgIpc) is 2.25. The van der Waals surface area contributed by atoms with E-state index in [1.54, 1.807) is 20.8 Å². The summed E-state index contributed by atoms with van der Waals surface area (Å²) in [5, 5.41) is 0. The number of Topliss-reactive ketones (excluding diaryl/α,β-unsaturated/α-hetero) is 1. The quantitative estimate of drug-likeness (QED) is 0.616. The monoisotopic (exact) mass is 296 g/mol. The zero-order valence-corrected chi connectivity index (χ0v) is 11.0. The van der Waals surface area contributed by atoms with Crippen molar-refractivity contribution in [2.75, 3.05) is 0 Å². The molecule has 1 aromatic rings. The van der Waals surface area contributed by atoms with Crippen LogP contribution in [0.15, 0.2) is 24.3 Å². The second kappa shape index (κ2) is 5.03. The van der Waals surface area contributed by atoms with Gasteiger partial charge in [-0.15, -0.1) is 0 Å². The van der Waals surface area contributed by atoms with Gasteiger partial charge in [0.15, 0.2) is 0 Å². The zero-order valence-electron chi connectivity index (χ0n) is 11.0. The number of ether oxygens (including phenoxy) is 1. The van der Waals surface area contributed by atoms with Gasteiger partial charge in [0.1, 0.15) is 11.4 Å². The third-order valence-corrected chi connectivity index (χ3v) is 2.18. The topological polar surface area (TPSA) is 26.3 Å². The summed E-state index contributed by atoms with van der Waals surface area (Å²) in [5.41, 5.74) is -1.28. The van der Waals surface area contributed by atoms with Gasteiger partial charge in [0, 0.05) is 5.56 Å². The zero-order chi connectivity index (χ0) is 15.8. The van der Waals surface area contributed by atoms with Crippen LogP contribution in [-0.4, -0.2) is 23.5 Å². The Morgan fingerprint density at radius 1 is 0.950 bits per heavy atom. The van der Waals surface area contributed by atoms with E-state index in [1.807, 2.05) is 0 Å². The Balaban J connectivity index is 2.97. The fourth-order valence-corrected chi connectivity index (χ4v) is 1.34. The number of carbonyl (C=O) groups excluding carboxylic acids is 1. The van der Waals surface area contributed by atoms with Crippen molar-refractivity contribution >= 4 is 5.78 Å². The van der Waals surface area contributed by atoms with Gasteiger partial charge in [-0.1, -0.05) is 0 Å². The molecule has 0 fully saturated rings. The largest absolute Gasteiger partial charge is 0.488 e. The number of halogens is 5. The molecule has 0 aromatic heterocycles. The molecule has 20 heavy (non-hydrogen) atoms. The van der Waals surface area contributed by atoms with Crippen LogP contribution in [0.1, 0.15) is 31.1 Å². The van der Waals surface area contributed by atoms with Crippen LogP contribution in [0, 0.1) is 0 Å². The number of rotatable bonds is 3. The van der Waals surface area contributed by atoms with E-state index in [2.05, 4.69) is 0 Å². The van der Waals surface area contributed by atoms with E-state index in [1.165, 1.54) is 12.1 Å². The van der Waals surface area contributed by atoms with E-state index in [0.29, 0.717) is 0 Å². The molecule has 0 atom stereocenters. The Bertz CT molecular complexity index is 483. The van der Waals surface area contributed by atoms with Crippen molar-refractivity contribution in [1.82, 2.24) is 0 Å². The Kier molecular flexibility index (Phi) is 4.12. The first-order valence-corrected chi connectivity index (χ1v) is 5.63. The highest BCUT2D eigenvalue weighted by atomic mass is 19.4. The molecule has 0 unspecified atom stereocenters. The summed E-state index contributed by atoms with van der Waals surface area (Å²) in [4.78, 5) is 11.2. The fraction of sp³-hybridized carbons (Fsp3) is 0.462. The number of ketones is 1. The maximum atomic E-state index is 12.9. The normalized spacial score (nSPS) is 13.2. The van der Waals surface area contributed by atoms with Crippen LogP contribution in [0.2, 0.25) is 0 Å². The highest BCUT2D eigenvalue weighted by Gasteiger charge is 2.63. The summed E-state index contributed by atoms with van der Waals surface area (Å²) in [6, 6.07) is 4.10. The molecule has 0 aliphatic carbocycles. The Labute approximate surface area is 112 Å². The van der Waals surface area contributed by atoms with Crippen LogP contribution < -0.4 is 4.74 Å². The highest BCUT2D eigenvalue weighted by molar-refractivity contribution is 6.02. The third kappa shape index (κ3) is 3.68. The summed E-state index contributed by atoms with van der Waals surface area (Å²) in [5.74, 6) is -7.42. The second-order valence-corrected chi connectivity index (χ2v) is 5.14. The Morgan fingerprint density at radius 2 is 1.40 bits per heavy atom. The lowest BCUT2D eigenvalue weighted by atomic mass is 10.0. The molecule has 7 heteroatoms. The van der Waals surface area contributed by atoms with Gasteiger partial charge in [0.2, 0.25) is 5.78 Å². The molecule has 0 saturated carbocycles. The molecule has 0 N–H and O–H groups in total. The van der Waals surface area contributed by atoms with Gasteiger partial charge in [0.05, 0.1) is 0 Å². The van der Waals surface area contributed by atoms with E-state index in [0.717, 1.165) is 12.1 Å². The molecule has 112 valence electrons. The fourth-order valence-electron chi connectivity index (χ4n) is 1.34. The molecule has 2 nitrogen and oxygen atoms in total. The Morgan fingerprint density at radius 3 is 1.75 bits per heavy atom. The lowest BCUT2D eigenvalue weighted by molar-refractivity contribution is -0.255. The molecular weight excluding hydrogens is 283 g/mol. The van der Waals surface area contributed by atoms with Crippen molar-refractivity contribution in [2.45, 2.75) is 38.5 Å². The number of benzene rings is 1. The van der Waals surface area contributed by atoms with E-state index in [-0.39, 0.29) is 5.75 Å². The maximum Gasteiger partial charge on any atom is 0.461 e. The lowest BCUT2D eigenvalue weighted by Crippen LogP contribution is -2.44. The predicted molar refractivity (Wildman–Crippen MR) is 62.2 cm³/mol. The molecule has 0 amide bonds. The molecule has 0 saturated heterocycles. The lowest BCUT2D eigenvalue weighted by Gasteiger charge is -2.21. The number of hydrogen-bond acceptors (Lipinski definition) is 2. The molecule has 1 rings (SSSR count). The number of carbonyl (C=O) groups is 1. The van der Waals surface area contributed by atoms with Crippen molar-refractivity contribution in [3.05, 3.63) is 29.8 Å². The molecule has 0 bridgehead atoms. The standard InChI is InChI=1S/C13H13F5O2/c1-11(2,3)20-9-6-4-8(5-7-9)10(19)12(14,15)13(16,17)18/h4-7H,1-3H3. The summed E-state index contributed by atoms with van der Waals surface area (Å²) >= 11 is 0. The van der Waals surface area contributed by atoms with Crippen molar-refractivity contribution in [2.24, 2.45) is 0 Å². The van der Waals surface area contributed by atoms with E-state index < -0.39 is 29.0 Å². The van der Waals surface area contributed by atoms with Gasteiger partial charge in [-0.25, -0.2) is 0 Å². The summed E-state index contributed by atoms with van der Waals surface area (Å²) in [6.45, 7) is 5.22. The van der Waals surface area contributed by atoms with Crippen LogP contribution in [-0.2, 0) is 0 Å². The molecule has 0 radical (unpaired) electrons. The smallest absolute Gasteiger partial charge is 0.461 e. The minimum Gasteiger partial charge on any atom is -0.488 e. The van der Waals surface area contributed by atoms with Crippen molar-refractivity contribution in [3.8, 4) is 5.75 Å². The van der Waals surface area contributed by atoms with Crippen LogP contribution in [0.4, 0.5) is 22.0 Å². The van der Waals surface area contributed by atoms with Crippen molar-refractivity contribution in [3.63, 3.8) is 0 Å². The second-order valence-electron chi connectivity index (χ2n) is 5.14. The molecule has 1 aromatic carbocycles. The van der Waals surface area contributed by atoms with E-state index in [4.69, 9.17) is 4.74 Å². The Hall–Kier alpha value is -1.66. The van der Waals surface area contributed by atoms with Crippen LogP contribution >= 0.6 is 0 Å². The van der Waals surface area contributed by atoms with Crippen LogP contribution in [0.5, 0.6) is 5.75 Å². The van der Waals surface area contributed by atoms with E-state index >= 15 is 0 Å². The van der Waals surface area contributed by atoms with Crippen LogP contribution in [0.25, 0.3) is 0 Å². The first-order chi connectivity index (χ1) is 8.84. The van der Waals surface area contributed by atoms with Gasteiger partial charge < -0.3 is 4.74 Å². The van der Waals surface area contributed by atoms with Gasteiger partial charge in [0.25, 0.3) is 0 Å². The van der Waals surface area contributed by atoms with Gasteiger partial charge in [-0.2, -0.15) is 22.0 Å². The highest BCUT2D eigenvalue weighted by Crippen LogP contribution is 2.38. The molecule has 0 aliphatic heterocycles. The summed E-state index contributed by atoms with van der Waals surface area (Å²) in [6.07, 6.45) is -5.91. The number of hydrogen-bond donors (Lipinski definition) is 0. The minimum absolute atomic E-state index is 0.268. The van der Waals surface area contributed by atoms with Gasteiger partial charge in [-0.05, 0) is 45.0 Å². The number of alkyl halides is 5. The predicted octanol–water partition coefficient (Wildman–Crippen LogP) is 4.24. The first kappa shape index (κ1) is 16.4. The summed E-state index contributed by atoms with van der Waals surface area (Å²) < 4.78 is 67.3. The third-order valence-electron chi connectivity index (χ3n) is 2.18. The SMILES string of the molecule is CC(C)(C)Oc1ccc(C(=O)C(F)(F)C(F)(F)F)cc1. The molecule has 0 spiro atoms. The average molecular weight is 296 g/mol. The maximum absolute atomic E-state index is 12.9. The summed E-state index contributed by atoms with van der Waals surface area (Å²) in [7, 11) is 0. The van der Waals surface area contributed by atoms with Gasteiger partial charge in [-0.3, -0.25) is 4.79 Å². The molecule has 0 heterocycles. The van der Waals surface area contributed by atoms with Crippen molar-refractivity contribution in [1.29, 1.82) is 0 Å². The minimum atomic E-state index is -5.91. The van der Waals surface area contributed by atoms with Crippen LogP contribution in [0.3, 0.4) is 0 Å². The first-order valence-electron chi connectivity index (χ1n) is 5.63. The van der Waals surface area contributed by atoms with Gasteiger partial charge >= 0.3 is 12.1 Å². The van der Waals surface area contributed by atoms with Crippen molar-refractivity contribution < 1.29 is 31.5 Å². The molecule has 0 aliphatic rings. The molecular formula is C13H13F5O2.